The van der Waals surface area contributed by atoms with Gasteiger partial charge in [-0.25, -0.2) is 0 Å². The van der Waals surface area contributed by atoms with Gasteiger partial charge < -0.3 is 11.1 Å². The van der Waals surface area contributed by atoms with E-state index in [2.05, 4.69) is 26.2 Å². The van der Waals surface area contributed by atoms with E-state index in [-0.39, 0.29) is 16.6 Å². The molecule has 0 unspecified atom stereocenters. The van der Waals surface area contributed by atoms with Gasteiger partial charge in [-0.1, -0.05) is 23.8 Å². The molecule has 0 aliphatic heterocycles. The summed E-state index contributed by atoms with van der Waals surface area (Å²) in [5, 5.41) is 3.31. The average molecular weight is 371 g/mol. The van der Waals surface area contributed by atoms with E-state index in [0.29, 0.717) is 20.7 Å². The van der Waals surface area contributed by atoms with Crippen LogP contribution in [0.15, 0.2) is 41.0 Å². The van der Waals surface area contributed by atoms with Gasteiger partial charge in [-0.15, -0.1) is 0 Å². The highest BCUT2D eigenvalue weighted by atomic mass is 79.9. The fourth-order valence-electron chi connectivity index (χ4n) is 1.45. The normalized spacial score (nSPS) is 10.1. The van der Waals surface area contributed by atoms with E-state index in [1.165, 1.54) is 6.20 Å². The number of pyridine rings is 1. The molecule has 0 atom stereocenters. The van der Waals surface area contributed by atoms with Crippen LogP contribution in [0.25, 0.3) is 0 Å². The van der Waals surface area contributed by atoms with Crippen LogP contribution in [0.5, 0.6) is 0 Å². The van der Waals surface area contributed by atoms with E-state index >= 15 is 0 Å². The molecule has 0 radical (unpaired) electrons. The molecular formula is C13H9BrClN3OS. The first-order valence-electron chi connectivity index (χ1n) is 5.49. The van der Waals surface area contributed by atoms with E-state index in [9.17, 15) is 4.79 Å². The molecule has 0 fully saturated rings. The predicted octanol–water partition coefficient (Wildman–Crippen LogP) is 3.38. The minimum absolute atomic E-state index is 0.241. The number of thiocarbonyl (C=S) groups is 1. The monoisotopic (exact) mass is 369 g/mol. The first-order chi connectivity index (χ1) is 9.47. The Labute approximate surface area is 134 Å². The maximum absolute atomic E-state index is 12.0. The number of nitrogens with zero attached hydrogens (tertiary/aromatic N) is 1. The Morgan fingerprint density at radius 3 is 2.65 bits per heavy atom. The Morgan fingerprint density at radius 1 is 1.35 bits per heavy atom. The van der Waals surface area contributed by atoms with Crippen LogP contribution in [0.1, 0.15) is 16.1 Å². The van der Waals surface area contributed by atoms with Crippen LogP contribution in [0.2, 0.25) is 5.02 Å². The summed E-state index contributed by atoms with van der Waals surface area (Å²) in [5.41, 5.74) is 6.97. The molecule has 1 aromatic carbocycles. The zero-order valence-electron chi connectivity index (χ0n) is 10.1. The number of anilines is 1. The molecule has 0 aliphatic carbocycles. The molecule has 0 saturated heterocycles. The van der Waals surface area contributed by atoms with Gasteiger partial charge in [0, 0.05) is 21.3 Å². The van der Waals surface area contributed by atoms with Gasteiger partial charge in [0.1, 0.15) is 10.7 Å². The Balaban J connectivity index is 2.17. The summed E-state index contributed by atoms with van der Waals surface area (Å²) in [6.07, 6.45) is 1.47. The molecule has 7 heteroatoms. The number of hydrogen-bond acceptors (Lipinski definition) is 3. The second-order valence-electron chi connectivity index (χ2n) is 3.87. The van der Waals surface area contributed by atoms with Gasteiger partial charge in [0.2, 0.25) is 0 Å². The van der Waals surface area contributed by atoms with Gasteiger partial charge >= 0.3 is 0 Å². The van der Waals surface area contributed by atoms with Gasteiger partial charge in [-0.05, 0) is 46.3 Å². The highest BCUT2D eigenvalue weighted by molar-refractivity contribution is 9.10. The number of carbonyl (C=O) groups is 1. The number of benzene rings is 1. The molecule has 20 heavy (non-hydrogen) atoms. The lowest BCUT2D eigenvalue weighted by Gasteiger charge is -2.07. The number of amides is 1. The van der Waals surface area contributed by atoms with Crippen LogP contribution in [-0.2, 0) is 0 Å². The Bertz CT molecular complexity index is 676. The standard InChI is InChI=1S/C13H9BrClN3OS/c14-9-5-8(15)2-4-10(9)18-13(19)11-3-1-7(6-17-11)12(16)20/h1-6H,(H2,16,20)(H,18,19). The van der Waals surface area contributed by atoms with Crippen molar-refractivity contribution in [2.75, 3.05) is 5.32 Å². The van der Waals surface area contributed by atoms with E-state index in [0.717, 1.165) is 0 Å². The molecule has 0 aliphatic rings. The third-order valence-corrected chi connectivity index (χ3v) is 3.59. The molecule has 1 amide bonds. The summed E-state index contributed by atoms with van der Waals surface area (Å²) in [7, 11) is 0. The highest BCUT2D eigenvalue weighted by Crippen LogP contribution is 2.26. The van der Waals surface area contributed by atoms with Crippen LogP contribution in [-0.4, -0.2) is 15.9 Å². The molecule has 1 heterocycles. The van der Waals surface area contributed by atoms with Gasteiger partial charge in [0.05, 0.1) is 5.69 Å². The first-order valence-corrected chi connectivity index (χ1v) is 7.07. The quantitative estimate of drug-likeness (QED) is 0.813. The molecule has 0 saturated carbocycles. The van der Waals surface area contributed by atoms with Crippen molar-refractivity contribution in [2.45, 2.75) is 0 Å². The number of nitrogens with two attached hydrogens (primary N) is 1. The van der Waals surface area contributed by atoms with Crippen molar-refractivity contribution in [3.05, 3.63) is 57.3 Å². The molecule has 102 valence electrons. The third-order valence-electron chi connectivity index (χ3n) is 2.46. The number of nitrogens with one attached hydrogen (secondary N) is 1. The van der Waals surface area contributed by atoms with Crippen molar-refractivity contribution >= 4 is 56.3 Å². The van der Waals surface area contributed by atoms with Crippen molar-refractivity contribution in [3.8, 4) is 0 Å². The van der Waals surface area contributed by atoms with Crippen LogP contribution in [0.4, 0.5) is 5.69 Å². The molecule has 2 rings (SSSR count). The van der Waals surface area contributed by atoms with E-state index in [1.54, 1.807) is 30.3 Å². The Hall–Kier alpha value is -1.50. The number of rotatable bonds is 3. The lowest BCUT2D eigenvalue weighted by Crippen LogP contribution is -2.15. The first kappa shape index (κ1) is 14.9. The zero-order valence-corrected chi connectivity index (χ0v) is 13.2. The number of hydrogen-bond donors (Lipinski definition) is 2. The average Bonchev–Trinajstić information content (AvgIpc) is 2.42. The second-order valence-corrected chi connectivity index (χ2v) is 5.61. The number of halogens is 2. The topological polar surface area (TPSA) is 68.0 Å². The molecule has 1 aromatic heterocycles. The molecule has 4 nitrogen and oxygen atoms in total. The molecule has 3 N–H and O–H groups in total. The maximum Gasteiger partial charge on any atom is 0.274 e. The summed E-state index contributed by atoms with van der Waals surface area (Å²) in [6, 6.07) is 8.30. The molecule has 2 aromatic rings. The van der Waals surface area contributed by atoms with Crippen LogP contribution >= 0.6 is 39.7 Å². The maximum atomic E-state index is 12.0. The summed E-state index contributed by atoms with van der Waals surface area (Å²) < 4.78 is 0.693. The predicted molar refractivity (Wildman–Crippen MR) is 87.2 cm³/mol. The summed E-state index contributed by atoms with van der Waals surface area (Å²) in [6.45, 7) is 0. The van der Waals surface area contributed by atoms with Gasteiger partial charge in [-0.2, -0.15) is 0 Å². The van der Waals surface area contributed by atoms with Gasteiger partial charge in [-0.3, -0.25) is 9.78 Å². The smallest absolute Gasteiger partial charge is 0.274 e. The number of aromatic nitrogens is 1. The van der Waals surface area contributed by atoms with Crippen LogP contribution in [0, 0.1) is 0 Å². The van der Waals surface area contributed by atoms with Crippen molar-refractivity contribution in [1.29, 1.82) is 0 Å². The lowest BCUT2D eigenvalue weighted by molar-refractivity contribution is 0.102. The molecule has 0 bridgehead atoms. The minimum atomic E-state index is -0.331. The van der Waals surface area contributed by atoms with E-state index in [1.807, 2.05) is 0 Å². The van der Waals surface area contributed by atoms with Crippen molar-refractivity contribution in [3.63, 3.8) is 0 Å². The van der Waals surface area contributed by atoms with Gasteiger partial charge in [0.25, 0.3) is 5.91 Å². The van der Waals surface area contributed by atoms with Crippen molar-refractivity contribution in [1.82, 2.24) is 4.98 Å². The Kier molecular flexibility index (Phi) is 4.69. The fourth-order valence-corrected chi connectivity index (χ4v) is 2.35. The van der Waals surface area contributed by atoms with Gasteiger partial charge in [0.15, 0.2) is 0 Å². The third kappa shape index (κ3) is 3.53. The largest absolute Gasteiger partial charge is 0.389 e. The fraction of sp³-hybridized carbons (Fsp3) is 0. The minimum Gasteiger partial charge on any atom is -0.389 e. The zero-order chi connectivity index (χ0) is 14.7. The van der Waals surface area contributed by atoms with E-state index < -0.39 is 0 Å². The summed E-state index contributed by atoms with van der Waals surface area (Å²) in [4.78, 5) is 16.3. The Morgan fingerprint density at radius 2 is 2.10 bits per heavy atom. The van der Waals surface area contributed by atoms with Crippen LogP contribution in [0.3, 0.4) is 0 Å². The molecule has 0 spiro atoms. The van der Waals surface area contributed by atoms with E-state index in [4.69, 9.17) is 29.6 Å². The summed E-state index contributed by atoms with van der Waals surface area (Å²) >= 11 is 14.0. The summed E-state index contributed by atoms with van der Waals surface area (Å²) in [5.74, 6) is -0.331. The number of carbonyl (C=O) groups excluding carboxylic acids is 1. The van der Waals surface area contributed by atoms with Crippen molar-refractivity contribution in [2.24, 2.45) is 5.73 Å². The van der Waals surface area contributed by atoms with Crippen LogP contribution < -0.4 is 11.1 Å². The van der Waals surface area contributed by atoms with Crippen molar-refractivity contribution < 1.29 is 4.79 Å². The highest BCUT2D eigenvalue weighted by Gasteiger charge is 2.10. The second kappa shape index (κ2) is 6.30. The SMILES string of the molecule is NC(=S)c1ccc(C(=O)Nc2ccc(Cl)cc2Br)nc1. The lowest BCUT2D eigenvalue weighted by atomic mass is 10.2. The molecular weight excluding hydrogens is 362 g/mol.